The number of fused-ring (bicyclic) bond motifs is 2. The van der Waals surface area contributed by atoms with Crippen molar-refractivity contribution < 1.29 is 48.5 Å². The molecule has 272 valence electrons. The minimum Gasteiger partial charge on any atom is -0.399 e. The molecule has 18 nitrogen and oxygen atoms in total. The van der Waals surface area contributed by atoms with Crippen LogP contribution in [0.1, 0.15) is 31.8 Å². The van der Waals surface area contributed by atoms with Crippen LogP contribution in [0.25, 0.3) is 12.2 Å². The van der Waals surface area contributed by atoms with Gasteiger partial charge in [-0.05, 0) is 90.0 Å². The molecule has 0 saturated heterocycles. The molecule has 0 unspecified atom stereocenters. The van der Waals surface area contributed by atoms with E-state index in [2.05, 4.69) is 26.4 Å². The molecule has 2 aliphatic rings. The fourth-order valence-corrected chi connectivity index (χ4v) is 7.22. The standard InChI is InChI=1S/C32H25N7O11S3/c33-18-3-1-16-11-27(52(45,46)47)29(31(40)23(16)13-18)38-36-21-7-5-20(6-8-21)35-25-10-9-22(15-26(25)51(42,43)44)37-39-30-28(53(48,49)50)12-17-2-4-19(34)14-24(17)32(30)41/h1-15,35-37H,33-34H2,(H,42,43,44)(H,45,46,47)(H,48,49,50)/b38-29-,39-30-. The molecule has 0 aromatic heterocycles. The van der Waals surface area contributed by atoms with E-state index in [1.54, 1.807) is 0 Å². The first kappa shape index (κ1) is 36.6. The van der Waals surface area contributed by atoms with Gasteiger partial charge in [-0.2, -0.15) is 35.5 Å². The van der Waals surface area contributed by atoms with Gasteiger partial charge in [-0.25, -0.2) is 0 Å². The highest BCUT2D eigenvalue weighted by Gasteiger charge is 2.34. The largest absolute Gasteiger partial charge is 0.399 e. The zero-order valence-corrected chi connectivity index (χ0v) is 29.0. The van der Waals surface area contributed by atoms with Crippen molar-refractivity contribution in [1.29, 1.82) is 0 Å². The van der Waals surface area contributed by atoms with Gasteiger partial charge in [0.25, 0.3) is 30.4 Å². The summed E-state index contributed by atoms with van der Waals surface area (Å²) in [6.07, 6.45) is 2.11. The number of benzene rings is 4. The molecular weight excluding hydrogens is 755 g/mol. The lowest BCUT2D eigenvalue weighted by Gasteiger charge is -2.17. The van der Waals surface area contributed by atoms with Crippen molar-refractivity contribution in [2.75, 3.05) is 27.6 Å². The number of nitrogens with one attached hydrogen (secondary N) is 3. The van der Waals surface area contributed by atoms with Crippen molar-refractivity contribution in [3.05, 3.63) is 111 Å². The summed E-state index contributed by atoms with van der Waals surface area (Å²) in [4.78, 5) is 24.0. The number of nitrogen functional groups attached to an aromatic ring is 2. The maximum atomic E-state index is 13.1. The Hall–Kier alpha value is -6.23. The zero-order valence-electron chi connectivity index (χ0n) is 26.5. The van der Waals surface area contributed by atoms with E-state index in [1.165, 1.54) is 72.8 Å². The Morgan fingerprint density at radius 3 is 1.42 bits per heavy atom. The summed E-state index contributed by atoms with van der Waals surface area (Å²) in [6.45, 7) is 0. The summed E-state index contributed by atoms with van der Waals surface area (Å²) >= 11 is 0. The van der Waals surface area contributed by atoms with Crippen molar-refractivity contribution in [3.8, 4) is 0 Å². The molecule has 21 heteroatoms. The van der Waals surface area contributed by atoms with Gasteiger partial charge in [0.15, 0.2) is 11.4 Å². The Balaban J connectivity index is 1.23. The van der Waals surface area contributed by atoms with Crippen LogP contribution in [0, 0.1) is 0 Å². The van der Waals surface area contributed by atoms with Crippen LogP contribution in [0.15, 0.2) is 104 Å². The molecule has 0 radical (unpaired) electrons. The Bertz CT molecular complexity index is 2720. The fraction of sp³-hybridized carbons (Fsp3) is 0. The molecule has 0 bridgehead atoms. The summed E-state index contributed by atoms with van der Waals surface area (Å²) in [6, 6.07) is 17.5. The van der Waals surface area contributed by atoms with Crippen LogP contribution in [0.4, 0.5) is 34.1 Å². The third kappa shape index (κ3) is 7.69. The number of hydrazone groups is 2. The molecule has 6 rings (SSSR count). The molecule has 0 amide bonds. The smallest absolute Gasteiger partial charge is 0.296 e. The van der Waals surface area contributed by atoms with Crippen LogP contribution in [0.2, 0.25) is 0 Å². The maximum Gasteiger partial charge on any atom is 0.296 e. The number of ketones is 2. The third-order valence-electron chi connectivity index (χ3n) is 7.69. The van der Waals surface area contributed by atoms with Crippen LogP contribution in [0.3, 0.4) is 0 Å². The second kappa shape index (κ2) is 13.4. The van der Waals surface area contributed by atoms with E-state index >= 15 is 0 Å². The van der Waals surface area contributed by atoms with Crippen LogP contribution in [-0.4, -0.2) is 61.9 Å². The van der Waals surface area contributed by atoms with Crippen LogP contribution in [-0.2, 0) is 30.4 Å². The number of hydrogen-bond donors (Lipinski definition) is 8. The predicted octanol–water partition coefficient (Wildman–Crippen LogP) is 3.63. The van der Waals surface area contributed by atoms with Crippen LogP contribution >= 0.6 is 0 Å². The Kier molecular flexibility index (Phi) is 9.24. The summed E-state index contributed by atoms with van der Waals surface area (Å²) in [5.74, 6) is -1.71. The van der Waals surface area contributed by atoms with E-state index in [9.17, 15) is 48.5 Å². The van der Waals surface area contributed by atoms with Crippen molar-refractivity contribution in [1.82, 2.24) is 0 Å². The highest BCUT2D eigenvalue weighted by atomic mass is 32.2. The molecule has 0 aliphatic heterocycles. The summed E-state index contributed by atoms with van der Waals surface area (Å²) in [5.41, 5.74) is 16.3. The molecule has 4 aromatic rings. The Morgan fingerprint density at radius 1 is 0.528 bits per heavy atom. The van der Waals surface area contributed by atoms with Gasteiger partial charge in [-0.1, -0.05) is 12.1 Å². The Morgan fingerprint density at radius 2 is 0.962 bits per heavy atom. The second-order valence-corrected chi connectivity index (χ2v) is 15.5. The SMILES string of the molecule is Nc1ccc2c(c1)C(=O)/C(=N\Nc1ccc(Nc3ccc(N/N=C4\C(=O)c5cc(N)ccc5C=C4S(=O)(=O)O)cc3S(=O)(=O)O)cc1)C(S(=O)(=O)O)=C2. The number of anilines is 6. The van der Waals surface area contributed by atoms with Crippen molar-refractivity contribution >= 4 is 99.6 Å². The lowest BCUT2D eigenvalue weighted by Crippen LogP contribution is -2.27. The first-order valence-corrected chi connectivity index (χ1v) is 19.1. The lowest BCUT2D eigenvalue weighted by molar-refractivity contribution is 0.105. The number of nitrogens with zero attached hydrogens (tertiary/aromatic N) is 2. The van der Waals surface area contributed by atoms with E-state index in [4.69, 9.17) is 11.5 Å². The van der Waals surface area contributed by atoms with E-state index in [0.717, 1.165) is 18.2 Å². The molecular formula is C32H25N7O11S3. The average molecular weight is 780 g/mol. The highest BCUT2D eigenvalue weighted by molar-refractivity contribution is 7.91. The molecule has 2 aliphatic carbocycles. The minimum atomic E-state index is -4.95. The number of carbonyl (C=O) groups is 2. The molecule has 0 fully saturated rings. The van der Waals surface area contributed by atoms with Crippen LogP contribution < -0.4 is 27.6 Å². The van der Waals surface area contributed by atoms with Gasteiger partial charge in [-0.15, -0.1) is 0 Å². The molecule has 0 atom stereocenters. The predicted molar refractivity (Wildman–Crippen MR) is 198 cm³/mol. The van der Waals surface area contributed by atoms with Gasteiger partial charge in [0, 0.05) is 28.2 Å². The lowest BCUT2D eigenvalue weighted by atomic mass is 9.94. The van der Waals surface area contributed by atoms with Gasteiger partial charge in [0.2, 0.25) is 11.6 Å². The van der Waals surface area contributed by atoms with Crippen LogP contribution in [0.5, 0.6) is 0 Å². The number of allylic oxidation sites excluding steroid dienone is 2. The summed E-state index contributed by atoms with van der Waals surface area (Å²) < 4.78 is 103. The minimum absolute atomic E-state index is 0.00307. The Labute approximate surface area is 300 Å². The molecule has 10 N–H and O–H groups in total. The molecule has 4 aromatic carbocycles. The van der Waals surface area contributed by atoms with Gasteiger partial charge in [-0.3, -0.25) is 34.1 Å². The summed E-state index contributed by atoms with van der Waals surface area (Å²) in [5, 5.41) is 10.5. The quantitative estimate of drug-likeness (QED) is 0.0683. The van der Waals surface area contributed by atoms with Gasteiger partial charge in [0.1, 0.15) is 14.7 Å². The highest BCUT2D eigenvalue weighted by Crippen LogP contribution is 2.31. The molecule has 53 heavy (non-hydrogen) atoms. The number of carbonyl (C=O) groups excluding carboxylic acids is 2. The topological polar surface area (TPSA) is 310 Å². The average Bonchev–Trinajstić information content (AvgIpc) is 3.07. The molecule has 0 spiro atoms. The molecule has 0 saturated carbocycles. The zero-order chi connectivity index (χ0) is 38.5. The number of Topliss-reactive ketones (excluding diaryl/α,β-unsaturated/α-hetero) is 2. The van der Waals surface area contributed by atoms with Crippen molar-refractivity contribution in [3.63, 3.8) is 0 Å². The first-order valence-electron chi connectivity index (χ1n) is 14.7. The van der Waals surface area contributed by atoms with Crippen molar-refractivity contribution in [2.24, 2.45) is 10.2 Å². The first-order chi connectivity index (χ1) is 24.8. The third-order valence-corrected chi connectivity index (χ3v) is 10.3. The van der Waals surface area contributed by atoms with Gasteiger partial charge in [0.05, 0.1) is 17.1 Å². The van der Waals surface area contributed by atoms with Gasteiger partial charge < -0.3 is 16.8 Å². The van der Waals surface area contributed by atoms with Crippen molar-refractivity contribution in [2.45, 2.75) is 4.90 Å². The maximum absolute atomic E-state index is 13.1. The normalized spacial score (nSPS) is 16.1. The van der Waals surface area contributed by atoms with E-state index < -0.39 is 68.0 Å². The number of rotatable bonds is 9. The second-order valence-electron chi connectivity index (χ2n) is 11.4. The number of nitrogens with two attached hydrogens (primary N) is 2. The van der Waals surface area contributed by atoms with Gasteiger partial charge >= 0.3 is 0 Å². The van der Waals surface area contributed by atoms with E-state index in [-0.39, 0.29) is 56.4 Å². The fourth-order valence-electron chi connectivity index (χ4n) is 5.23. The van der Waals surface area contributed by atoms with E-state index in [0.29, 0.717) is 0 Å². The molecule has 0 heterocycles. The van der Waals surface area contributed by atoms with E-state index in [1.807, 2.05) is 0 Å². The monoisotopic (exact) mass is 779 g/mol. The summed E-state index contributed by atoms with van der Waals surface area (Å²) in [7, 11) is -14.7. The number of hydrogen-bond acceptors (Lipinski definition) is 15.